The van der Waals surface area contributed by atoms with Crippen LogP contribution in [-0.4, -0.2) is 0 Å². The van der Waals surface area contributed by atoms with Crippen molar-refractivity contribution in [2.24, 2.45) is 0 Å². The zero-order valence-electron chi connectivity index (χ0n) is 8.45. The molecule has 72 valence electrons. The quantitative estimate of drug-likeness (QED) is 0.535. The van der Waals surface area contributed by atoms with Crippen LogP contribution in [0.3, 0.4) is 0 Å². The normalized spacial score (nSPS) is 16.2. The van der Waals surface area contributed by atoms with Gasteiger partial charge in [-0.25, -0.2) is 0 Å². The van der Waals surface area contributed by atoms with E-state index in [1.54, 1.807) is 4.17 Å². The van der Waals surface area contributed by atoms with E-state index in [2.05, 4.69) is 49.7 Å². The molecule has 0 aromatic heterocycles. The minimum atomic E-state index is 0.315. The molecule has 0 unspecified atom stereocenters. The Balaban J connectivity index is 2.43. The minimum absolute atomic E-state index is 0.315. The van der Waals surface area contributed by atoms with E-state index < -0.39 is 0 Å². The fraction of sp³-hybridized carbons (Fsp3) is 0.333. The molecule has 0 aliphatic heterocycles. The molecule has 0 aromatic rings. The van der Waals surface area contributed by atoms with Gasteiger partial charge >= 0.3 is 88.6 Å². The van der Waals surface area contributed by atoms with Crippen molar-refractivity contribution in [2.75, 3.05) is 0 Å². The van der Waals surface area contributed by atoms with E-state index in [4.69, 9.17) is 0 Å². The summed E-state index contributed by atoms with van der Waals surface area (Å²) in [5.74, 6) is 0. The van der Waals surface area contributed by atoms with Gasteiger partial charge in [0.05, 0.1) is 0 Å². The number of hydrogen-bond donors (Lipinski definition) is 0. The Morgan fingerprint density at radius 1 is 1.38 bits per heavy atom. The van der Waals surface area contributed by atoms with Crippen molar-refractivity contribution >= 4 is 0 Å². The Morgan fingerprint density at radius 3 is 2.69 bits per heavy atom. The van der Waals surface area contributed by atoms with Crippen LogP contribution in [0.2, 0.25) is 0 Å². The Labute approximate surface area is 88.7 Å². The zero-order valence-corrected chi connectivity index (χ0v) is 10.2. The van der Waals surface area contributed by atoms with Crippen LogP contribution in [-0.2, 0) is 17.1 Å². The first-order chi connectivity index (χ1) is 6.18. The van der Waals surface area contributed by atoms with Gasteiger partial charge in [0.15, 0.2) is 0 Å². The van der Waals surface area contributed by atoms with Crippen molar-refractivity contribution in [3.63, 3.8) is 0 Å². The molecule has 1 heteroatoms. The van der Waals surface area contributed by atoms with Crippen molar-refractivity contribution in [3.8, 4) is 0 Å². The molecule has 0 N–H and O–H groups in total. The summed E-state index contributed by atoms with van der Waals surface area (Å²) in [7, 11) is 0. The number of allylic oxidation sites excluding steroid dienone is 7. The van der Waals surface area contributed by atoms with Gasteiger partial charge in [-0.15, -0.1) is 0 Å². The Bertz CT molecular complexity index is 286. The summed E-state index contributed by atoms with van der Waals surface area (Å²) in [5, 5.41) is 0. The molecule has 0 spiro atoms. The van der Waals surface area contributed by atoms with Crippen LogP contribution in [0.1, 0.15) is 27.2 Å². The van der Waals surface area contributed by atoms with Gasteiger partial charge in [0.1, 0.15) is 0 Å². The molecule has 0 heterocycles. The number of rotatable bonds is 3. The third kappa shape index (κ3) is 4.38. The summed E-state index contributed by atoms with van der Waals surface area (Å²) in [5.41, 5.74) is 2.79. The van der Waals surface area contributed by atoms with Gasteiger partial charge in [-0.1, -0.05) is 0 Å². The Morgan fingerprint density at radius 2 is 2.15 bits per heavy atom. The van der Waals surface area contributed by atoms with Crippen molar-refractivity contribution in [3.05, 3.63) is 44.3 Å². The Kier molecular flexibility index (Phi) is 4.38. The fourth-order valence-corrected chi connectivity index (χ4v) is 2.73. The average molecular weight is 261 g/mol. The second kappa shape index (κ2) is 5.34. The van der Waals surface area contributed by atoms with Crippen molar-refractivity contribution in [1.82, 2.24) is 0 Å². The SMILES string of the molecule is CC(C)=C/C(C)=[CH]\[Ru][C]1=CC=CC1. The van der Waals surface area contributed by atoms with Crippen LogP contribution in [0, 0.1) is 0 Å². The molecule has 0 saturated heterocycles. The summed E-state index contributed by atoms with van der Waals surface area (Å²) in [6.07, 6.45) is 10.1. The van der Waals surface area contributed by atoms with E-state index in [9.17, 15) is 0 Å². The molecular formula is C12H16Ru. The standard InChI is InChI=1S/C7H11.C5H5.Ru/c1-6(2)5-7(3)4;1-2-4-5-3-1;/h1,5H,2-4H3;1-3H,4H2;. The zero-order chi connectivity index (χ0) is 9.68. The van der Waals surface area contributed by atoms with Gasteiger partial charge < -0.3 is 0 Å². The second-order valence-corrected chi connectivity index (χ2v) is 5.52. The number of hydrogen-bond acceptors (Lipinski definition) is 0. The molecule has 0 bridgehead atoms. The summed E-state index contributed by atoms with van der Waals surface area (Å²) in [6, 6.07) is 0. The van der Waals surface area contributed by atoms with Crippen LogP contribution in [0.4, 0.5) is 0 Å². The van der Waals surface area contributed by atoms with Crippen LogP contribution >= 0.6 is 0 Å². The van der Waals surface area contributed by atoms with Crippen molar-refractivity contribution in [2.45, 2.75) is 27.2 Å². The van der Waals surface area contributed by atoms with Crippen LogP contribution < -0.4 is 0 Å². The summed E-state index contributed by atoms with van der Waals surface area (Å²) in [4.78, 5) is 0. The average Bonchev–Trinajstić information content (AvgIpc) is 2.51. The maximum absolute atomic E-state index is 2.39. The molecule has 0 fully saturated rings. The van der Waals surface area contributed by atoms with Gasteiger partial charge in [0.2, 0.25) is 0 Å². The fourth-order valence-electron chi connectivity index (χ4n) is 1.12. The molecule has 1 rings (SSSR count). The monoisotopic (exact) mass is 262 g/mol. The first-order valence-corrected chi connectivity index (χ1v) is 6.34. The van der Waals surface area contributed by atoms with Crippen molar-refractivity contribution in [1.29, 1.82) is 0 Å². The van der Waals surface area contributed by atoms with Crippen LogP contribution in [0.25, 0.3) is 0 Å². The van der Waals surface area contributed by atoms with Gasteiger partial charge in [0, 0.05) is 0 Å². The predicted molar refractivity (Wildman–Crippen MR) is 55.0 cm³/mol. The van der Waals surface area contributed by atoms with E-state index in [1.807, 2.05) is 0 Å². The molecular weight excluding hydrogens is 245 g/mol. The van der Waals surface area contributed by atoms with E-state index in [-0.39, 0.29) is 0 Å². The molecule has 0 atom stereocenters. The van der Waals surface area contributed by atoms with E-state index in [0.717, 1.165) is 0 Å². The predicted octanol–water partition coefficient (Wildman–Crippen LogP) is 3.78. The molecule has 0 amide bonds. The van der Waals surface area contributed by atoms with Gasteiger partial charge in [0.25, 0.3) is 0 Å². The van der Waals surface area contributed by atoms with Crippen LogP contribution in [0.5, 0.6) is 0 Å². The maximum atomic E-state index is 2.39. The Hall–Kier alpha value is -0.417. The van der Waals surface area contributed by atoms with Crippen LogP contribution in [0.15, 0.2) is 44.3 Å². The van der Waals surface area contributed by atoms with Gasteiger partial charge in [-0.05, 0) is 0 Å². The second-order valence-electron chi connectivity index (χ2n) is 3.40. The molecule has 1 aliphatic rings. The topological polar surface area (TPSA) is 0 Å². The molecule has 0 saturated carbocycles. The molecule has 1 aliphatic carbocycles. The third-order valence-corrected chi connectivity index (χ3v) is 3.91. The van der Waals surface area contributed by atoms with Gasteiger partial charge in [-0.2, -0.15) is 0 Å². The van der Waals surface area contributed by atoms with E-state index in [0.29, 0.717) is 17.1 Å². The molecule has 0 radical (unpaired) electrons. The molecule has 13 heavy (non-hydrogen) atoms. The summed E-state index contributed by atoms with van der Waals surface area (Å²) in [6.45, 7) is 6.47. The summed E-state index contributed by atoms with van der Waals surface area (Å²) < 4.78 is 3.99. The van der Waals surface area contributed by atoms with E-state index >= 15 is 0 Å². The molecule has 0 aromatic carbocycles. The first-order valence-electron chi connectivity index (χ1n) is 4.46. The third-order valence-electron chi connectivity index (χ3n) is 1.58. The summed E-state index contributed by atoms with van der Waals surface area (Å²) >= 11 is 0.315. The van der Waals surface area contributed by atoms with Gasteiger partial charge in [-0.3, -0.25) is 0 Å². The van der Waals surface area contributed by atoms with E-state index in [1.165, 1.54) is 17.6 Å². The van der Waals surface area contributed by atoms with Crippen molar-refractivity contribution < 1.29 is 17.1 Å². The molecule has 0 nitrogen and oxygen atoms in total. The first kappa shape index (κ1) is 10.7.